The fraction of sp³-hybridized carbons (Fsp3) is 0.812. The number of allylic oxidation sites excluding steroid dienone is 1. The molecule has 4 rings (SSSR count). The topological polar surface area (TPSA) is 37.3 Å². The van der Waals surface area contributed by atoms with Crippen LogP contribution in [0.2, 0.25) is 0 Å². The van der Waals surface area contributed by atoms with E-state index >= 15 is 0 Å². The van der Waals surface area contributed by atoms with Crippen LogP contribution in [0, 0.1) is 29.6 Å². The van der Waals surface area contributed by atoms with Crippen molar-refractivity contribution >= 4 is 5.97 Å². The quantitative estimate of drug-likeness (QED) is 0.770. The highest BCUT2D eigenvalue weighted by molar-refractivity contribution is 5.86. The predicted octanol–water partition coefficient (Wildman–Crippen LogP) is 3.87. The van der Waals surface area contributed by atoms with Gasteiger partial charge in [-0.15, -0.1) is 0 Å². The Bertz CT molecular complexity index is 366. The Kier molecular flexibility index (Phi) is 2.99. The van der Waals surface area contributed by atoms with Gasteiger partial charge in [-0.2, -0.15) is 0 Å². The first-order valence-corrected chi connectivity index (χ1v) is 7.53. The maximum atomic E-state index is 11.3. The molecule has 0 aliphatic heterocycles. The molecule has 4 bridgehead atoms. The second kappa shape index (κ2) is 4.40. The smallest absolute Gasteiger partial charge is 0.331 e. The highest BCUT2D eigenvalue weighted by atomic mass is 16.4. The monoisotopic (exact) mass is 248 g/mol. The minimum absolute atomic E-state index is 0.596. The van der Waals surface area contributed by atoms with Crippen molar-refractivity contribution in [2.75, 3.05) is 0 Å². The molecule has 100 valence electrons. The Morgan fingerprint density at radius 3 is 1.94 bits per heavy atom. The number of carboxylic acids is 1. The van der Waals surface area contributed by atoms with Crippen LogP contribution in [-0.2, 0) is 4.79 Å². The van der Waals surface area contributed by atoms with Gasteiger partial charge in [-0.25, -0.2) is 4.79 Å². The van der Waals surface area contributed by atoms with Crippen LogP contribution >= 0.6 is 0 Å². The highest BCUT2D eigenvalue weighted by Crippen LogP contribution is 2.58. The molecule has 0 amide bonds. The summed E-state index contributed by atoms with van der Waals surface area (Å²) in [4.78, 5) is 11.3. The van der Waals surface area contributed by atoms with Gasteiger partial charge in [-0.05, 0) is 75.0 Å². The molecule has 0 radical (unpaired) electrons. The highest BCUT2D eigenvalue weighted by Gasteiger charge is 2.49. The fourth-order valence-electron chi connectivity index (χ4n) is 5.38. The molecule has 0 heterocycles. The van der Waals surface area contributed by atoms with E-state index in [1.165, 1.54) is 37.7 Å². The van der Waals surface area contributed by atoms with Crippen molar-refractivity contribution in [3.8, 4) is 0 Å². The summed E-state index contributed by atoms with van der Waals surface area (Å²) in [7, 11) is 0. The van der Waals surface area contributed by atoms with E-state index in [4.69, 9.17) is 0 Å². The number of aliphatic carboxylic acids is 1. The van der Waals surface area contributed by atoms with Gasteiger partial charge in [0.05, 0.1) is 0 Å². The summed E-state index contributed by atoms with van der Waals surface area (Å²) in [5, 5.41) is 9.28. The molecule has 0 aromatic heterocycles. The van der Waals surface area contributed by atoms with Gasteiger partial charge < -0.3 is 5.11 Å². The lowest BCUT2D eigenvalue weighted by Gasteiger charge is -2.55. The third-order valence-electron chi connectivity index (χ3n) is 5.81. The predicted molar refractivity (Wildman–Crippen MR) is 71.2 cm³/mol. The number of hydrogen-bond donors (Lipinski definition) is 1. The summed E-state index contributed by atoms with van der Waals surface area (Å²) in [6.45, 7) is 3.94. The number of rotatable bonds is 3. The second-order valence-corrected chi connectivity index (χ2v) is 6.77. The molecule has 2 nitrogen and oxygen atoms in total. The Labute approximate surface area is 109 Å². The molecule has 0 spiro atoms. The summed E-state index contributed by atoms with van der Waals surface area (Å²) in [5.41, 5.74) is 1.89. The molecule has 0 aromatic rings. The number of carbonyl (C=O) groups is 1. The lowest BCUT2D eigenvalue weighted by Crippen LogP contribution is -2.46. The second-order valence-electron chi connectivity index (χ2n) is 6.77. The summed E-state index contributed by atoms with van der Waals surface area (Å²) >= 11 is 0. The van der Waals surface area contributed by atoms with Crippen molar-refractivity contribution in [3.05, 3.63) is 11.1 Å². The molecule has 0 saturated heterocycles. The van der Waals surface area contributed by atoms with Crippen LogP contribution < -0.4 is 0 Å². The molecule has 4 aliphatic rings. The minimum atomic E-state index is -0.708. The van der Waals surface area contributed by atoms with E-state index in [9.17, 15) is 9.90 Å². The van der Waals surface area contributed by atoms with Crippen LogP contribution in [0.1, 0.15) is 52.4 Å². The van der Waals surface area contributed by atoms with Crippen molar-refractivity contribution in [1.29, 1.82) is 0 Å². The Morgan fingerprint density at radius 1 is 1.06 bits per heavy atom. The van der Waals surface area contributed by atoms with Gasteiger partial charge in [0.25, 0.3) is 0 Å². The van der Waals surface area contributed by atoms with Crippen molar-refractivity contribution in [2.24, 2.45) is 29.6 Å². The average molecular weight is 248 g/mol. The standard InChI is InChI=1S/C16H24O2/c1-3-14(9(2)16(17)18)15-12-5-10-4-11(7-12)8-13(15)6-10/h10-13,15H,3-8H2,1-2H3,(H,17,18). The van der Waals surface area contributed by atoms with Gasteiger partial charge in [-0.3, -0.25) is 0 Å². The zero-order valence-electron chi connectivity index (χ0n) is 11.5. The Morgan fingerprint density at radius 2 is 1.56 bits per heavy atom. The summed E-state index contributed by atoms with van der Waals surface area (Å²) in [6, 6.07) is 0. The van der Waals surface area contributed by atoms with Crippen molar-refractivity contribution in [1.82, 2.24) is 0 Å². The zero-order valence-corrected chi connectivity index (χ0v) is 11.5. The van der Waals surface area contributed by atoms with Crippen molar-refractivity contribution in [3.63, 3.8) is 0 Å². The van der Waals surface area contributed by atoms with Gasteiger partial charge in [0.15, 0.2) is 0 Å². The lowest BCUT2D eigenvalue weighted by molar-refractivity contribution is -0.132. The maximum absolute atomic E-state index is 11.3. The van der Waals surface area contributed by atoms with Crippen LogP contribution in [0.4, 0.5) is 0 Å². The van der Waals surface area contributed by atoms with Crippen LogP contribution in [0.5, 0.6) is 0 Å². The SMILES string of the molecule is CCC(=C(C)C(=O)O)C1C2CC3CC(C2)CC1C3. The first-order chi connectivity index (χ1) is 8.60. The molecular formula is C16H24O2. The Balaban J connectivity index is 1.92. The molecule has 0 unspecified atom stereocenters. The summed E-state index contributed by atoms with van der Waals surface area (Å²) in [5.74, 6) is 3.41. The molecular weight excluding hydrogens is 224 g/mol. The summed E-state index contributed by atoms with van der Waals surface area (Å²) in [6.07, 6.45) is 7.86. The van der Waals surface area contributed by atoms with E-state index in [0.29, 0.717) is 11.5 Å². The third-order valence-corrected chi connectivity index (χ3v) is 5.81. The average Bonchev–Trinajstić information content (AvgIpc) is 2.32. The van der Waals surface area contributed by atoms with E-state index in [-0.39, 0.29) is 0 Å². The molecule has 2 heteroatoms. The van der Waals surface area contributed by atoms with Crippen LogP contribution in [0.3, 0.4) is 0 Å². The number of hydrogen-bond acceptors (Lipinski definition) is 1. The van der Waals surface area contributed by atoms with E-state index in [0.717, 1.165) is 30.1 Å². The van der Waals surface area contributed by atoms with E-state index < -0.39 is 5.97 Å². The molecule has 0 aromatic carbocycles. The van der Waals surface area contributed by atoms with Crippen molar-refractivity contribution in [2.45, 2.75) is 52.4 Å². The molecule has 4 fully saturated rings. The van der Waals surface area contributed by atoms with Crippen molar-refractivity contribution < 1.29 is 9.90 Å². The number of carboxylic acid groups (broad SMARTS) is 1. The molecule has 1 N–H and O–H groups in total. The normalized spacial score (nSPS) is 42.9. The van der Waals surface area contributed by atoms with Gasteiger partial charge in [0.2, 0.25) is 0 Å². The van der Waals surface area contributed by atoms with Crippen LogP contribution in [-0.4, -0.2) is 11.1 Å². The molecule has 4 saturated carbocycles. The largest absolute Gasteiger partial charge is 0.478 e. The minimum Gasteiger partial charge on any atom is -0.478 e. The van der Waals surface area contributed by atoms with Gasteiger partial charge in [0, 0.05) is 5.57 Å². The fourth-order valence-corrected chi connectivity index (χ4v) is 5.38. The zero-order chi connectivity index (χ0) is 12.9. The van der Waals surface area contributed by atoms with E-state index in [2.05, 4.69) is 6.92 Å². The first-order valence-electron chi connectivity index (χ1n) is 7.53. The maximum Gasteiger partial charge on any atom is 0.331 e. The van der Waals surface area contributed by atoms with E-state index in [1.54, 1.807) is 0 Å². The first kappa shape index (κ1) is 12.3. The van der Waals surface area contributed by atoms with E-state index in [1.807, 2.05) is 6.92 Å². The molecule has 0 atom stereocenters. The van der Waals surface area contributed by atoms with Gasteiger partial charge >= 0.3 is 5.97 Å². The van der Waals surface area contributed by atoms with Crippen LogP contribution in [0.15, 0.2) is 11.1 Å². The molecule has 4 aliphatic carbocycles. The Hall–Kier alpha value is -0.790. The van der Waals surface area contributed by atoms with Crippen LogP contribution in [0.25, 0.3) is 0 Å². The van der Waals surface area contributed by atoms with Gasteiger partial charge in [-0.1, -0.05) is 12.5 Å². The van der Waals surface area contributed by atoms with Gasteiger partial charge in [0.1, 0.15) is 0 Å². The molecule has 18 heavy (non-hydrogen) atoms. The lowest BCUT2D eigenvalue weighted by atomic mass is 9.50. The summed E-state index contributed by atoms with van der Waals surface area (Å²) < 4.78 is 0. The third kappa shape index (κ3) is 1.81.